The monoisotopic (exact) mass is 364 g/mol. The molecular formula is C18H20O2S3. The van der Waals surface area contributed by atoms with E-state index < -0.39 is 0 Å². The fourth-order valence-electron chi connectivity index (χ4n) is 2.26. The van der Waals surface area contributed by atoms with Crippen LogP contribution >= 0.6 is 35.3 Å². The normalized spacial score (nSPS) is 14.8. The van der Waals surface area contributed by atoms with Gasteiger partial charge in [-0.25, -0.2) is 0 Å². The molecule has 2 aromatic rings. The van der Waals surface area contributed by atoms with Crippen molar-refractivity contribution in [2.45, 2.75) is 9.48 Å². The smallest absolute Gasteiger partial charge is 0.122 e. The fraction of sp³-hybridized carbons (Fsp3) is 0.333. The molecule has 1 aliphatic heterocycles. The fourth-order valence-corrected chi connectivity index (χ4v) is 5.53. The SMILES string of the molecule is CSc1ccc(OCCOc2ccc(C3SCCS3)cc2)cc1. The van der Waals surface area contributed by atoms with Crippen LogP contribution in [-0.2, 0) is 0 Å². The summed E-state index contributed by atoms with van der Waals surface area (Å²) in [6, 6.07) is 16.6. The van der Waals surface area contributed by atoms with Gasteiger partial charge in [-0.15, -0.1) is 35.3 Å². The number of rotatable bonds is 7. The lowest BCUT2D eigenvalue weighted by Gasteiger charge is -2.11. The van der Waals surface area contributed by atoms with Gasteiger partial charge in [-0.1, -0.05) is 12.1 Å². The van der Waals surface area contributed by atoms with Gasteiger partial charge in [-0.05, 0) is 48.2 Å². The summed E-state index contributed by atoms with van der Waals surface area (Å²) < 4.78 is 12.0. The van der Waals surface area contributed by atoms with E-state index in [9.17, 15) is 0 Å². The van der Waals surface area contributed by atoms with Gasteiger partial charge in [0.25, 0.3) is 0 Å². The first-order chi connectivity index (χ1) is 11.3. The van der Waals surface area contributed by atoms with E-state index in [-0.39, 0.29) is 0 Å². The Kier molecular flexibility index (Phi) is 6.48. The minimum Gasteiger partial charge on any atom is -0.490 e. The molecular weight excluding hydrogens is 344 g/mol. The molecule has 0 radical (unpaired) electrons. The van der Waals surface area contributed by atoms with Crippen molar-refractivity contribution in [2.75, 3.05) is 31.0 Å². The molecule has 0 aromatic heterocycles. The minimum absolute atomic E-state index is 0.550. The molecule has 122 valence electrons. The molecule has 2 nitrogen and oxygen atoms in total. The first-order valence-corrected chi connectivity index (χ1v) is 10.9. The topological polar surface area (TPSA) is 18.5 Å². The molecule has 2 aromatic carbocycles. The largest absolute Gasteiger partial charge is 0.490 e. The van der Waals surface area contributed by atoms with E-state index in [2.05, 4.69) is 42.7 Å². The molecule has 5 heteroatoms. The minimum atomic E-state index is 0.550. The Morgan fingerprint density at radius 1 is 0.870 bits per heavy atom. The summed E-state index contributed by atoms with van der Waals surface area (Å²) in [6.07, 6.45) is 2.07. The summed E-state index contributed by atoms with van der Waals surface area (Å²) in [6.45, 7) is 1.10. The van der Waals surface area contributed by atoms with Crippen molar-refractivity contribution in [1.29, 1.82) is 0 Å². The van der Waals surface area contributed by atoms with Crippen molar-refractivity contribution in [1.82, 2.24) is 0 Å². The molecule has 0 bridgehead atoms. The first-order valence-electron chi connectivity index (χ1n) is 7.58. The Labute approximate surface area is 150 Å². The summed E-state index contributed by atoms with van der Waals surface area (Å²) in [7, 11) is 0. The van der Waals surface area contributed by atoms with Crippen molar-refractivity contribution in [2.24, 2.45) is 0 Å². The van der Waals surface area contributed by atoms with Crippen LogP contribution in [0, 0.1) is 0 Å². The summed E-state index contributed by atoms with van der Waals surface area (Å²) in [5.41, 5.74) is 1.38. The van der Waals surface area contributed by atoms with Gasteiger partial charge in [-0.3, -0.25) is 0 Å². The second-order valence-corrected chi connectivity index (χ2v) is 8.62. The van der Waals surface area contributed by atoms with Crippen LogP contribution in [0.2, 0.25) is 0 Å². The van der Waals surface area contributed by atoms with Crippen LogP contribution in [0.3, 0.4) is 0 Å². The Morgan fingerprint density at radius 3 is 1.91 bits per heavy atom. The third-order valence-electron chi connectivity index (χ3n) is 3.45. The lowest BCUT2D eigenvalue weighted by molar-refractivity contribution is 0.217. The highest BCUT2D eigenvalue weighted by Gasteiger charge is 2.17. The Bertz CT molecular complexity index is 593. The number of hydrogen-bond donors (Lipinski definition) is 0. The van der Waals surface area contributed by atoms with Crippen LogP contribution < -0.4 is 9.47 Å². The Hall–Kier alpha value is -0.910. The van der Waals surface area contributed by atoms with Crippen LogP contribution in [0.1, 0.15) is 10.1 Å². The third-order valence-corrected chi connectivity index (χ3v) is 7.30. The lowest BCUT2D eigenvalue weighted by atomic mass is 10.2. The molecule has 0 atom stereocenters. The van der Waals surface area contributed by atoms with E-state index in [1.54, 1.807) is 11.8 Å². The van der Waals surface area contributed by atoms with Gasteiger partial charge in [0.15, 0.2) is 0 Å². The highest BCUT2D eigenvalue weighted by Crippen LogP contribution is 2.45. The summed E-state index contributed by atoms with van der Waals surface area (Å²) in [4.78, 5) is 1.24. The highest BCUT2D eigenvalue weighted by atomic mass is 32.2. The molecule has 1 aliphatic rings. The Balaban J connectivity index is 1.41. The van der Waals surface area contributed by atoms with Gasteiger partial charge in [-0.2, -0.15) is 0 Å². The quantitative estimate of drug-likeness (QED) is 0.486. The van der Waals surface area contributed by atoms with E-state index in [1.807, 2.05) is 35.7 Å². The zero-order valence-electron chi connectivity index (χ0n) is 13.1. The molecule has 1 fully saturated rings. The first kappa shape index (κ1) is 16.9. The zero-order chi connectivity index (χ0) is 15.9. The molecule has 23 heavy (non-hydrogen) atoms. The molecule has 0 unspecified atom stereocenters. The van der Waals surface area contributed by atoms with Crippen LogP contribution in [0.15, 0.2) is 53.4 Å². The van der Waals surface area contributed by atoms with Gasteiger partial charge < -0.3 is 9.47 Å². The standard InChI is InChI=1S/C18H20O2S3/c1-21-17-8-6-16(7-9-17)20-11-10-19-15-4-2-14(3-5-15)18-22-12-13-23-18/h2-9,18H,10-13H2,1H3. The van der Waals surface area contributed by atoms with Crippen LogP contribution in [0.4, 0.5) is 0 Å². The van der Waals surface area contributed by atoms with Crippen LogP contribution in [0.25, 0.3) is 0 Å². The molecule has 0 spiro atoms. The number of thioether (sulfide) groups is 3. The van der Waals surface area contributed by atoms with Gasteiger partial charge in [0.05, 0.1) is 4.58 Å². The average Bonchev–Trinajstić information content (AvgIpc) is 3.14. The number of hydrogen-bond acceptors (Lipinski definition) is 5. The second kappa shape index (κ2) is 8.81. The van der Waals surface area contributed by atoms with Crippen molar-refractivity contribution in [3.05, 3.63) is 54.1 Å². The van der Waals surface area contributed by atoms with E-state index >= 15 is 0 Å². The molecule has 0 saturated carbocycles. The molecule has 0 amide bonds. The summed E-state index contributed by atoms with van der Waals surface area (Å²) >= 11 is 5.78. The Morgan fingerprint density at radius 2 is 1.39 bits per heavy atom. The van der Waals surface area contributed by atoms with E-state index in [1.165, 1.54) is 22.0 Å². The maximum atomic E-state index is 5.75. The lowest BCUT2D eigenvalue weighted by Crippen LogP contribution is -2.08. The molecule has 3 rings (SSSR count). The molecule has 0 aliphatic carbocycles. The number of benzene rings is 2. The molecule has 1 saturated heterocycles. The van der Waals surface area contributed by atoms with Gasteiger partial charge >= 0.3 is 0 Å². The van der Waals surface area contributed by atoms with Crippen LogP contribution in [-0.4, -0.2) is 31.0 Å². The predicted octanol–water partition coefficient (Wildman–Crippen LogP) is 5.34. The maximum Gasteiger partial charge on any atom is 0.122 e. The number of ether oxygens (including phenoxy) is 2. The highest BCUT2D eigenvalue weighted by molar-refractivity contribution is 8.19. The predicted molar refractivity (Wildman–Crippen MR) is 103 cm³/mol. The van der Waals surface area contributed by atoms with Crippen LogP contribution in [0.5, 0.6) is 11.5 Å². The van der Waals surface area contributed by atoms with Gasteiger partial charge in [0, 0.05) is 16.4 Å². The van der Waals surface area contributed by atoms with Crippen molar-refractivity contribution >= 4 is 35.3 Å². The van der Waals surface area contributed by atoms with Gasteiger partial charge in [0.1, 0.15) is 24.7 Å². The van der Waals surface area contributed by atoms with E-state index in [4.69, 9.17) is 9.47 Å². The summed E-state index contributed by atoms with van der Waals surface area (Å²) in [5, 5.41) is 0. The van der Waals surface area contributed by atoms with Crippen molar-refractivity contribution < 1.29 is 9.47 Å². The maximum absolute atomic E-state index is 5.75. The zero-order valence-corrected chi connectivity index (χ0v) is 15.5. The summed E-state index contributed by atoms with van der Waals surface area (Å²) in [5.74, 6) is 4.30. The van der Waals surface area contributed by atoms with Crippen molar-refractivity contribution in [3.63, 3.8) is 0 Å². The average molecular weight is 365 g/mol. The van der Waals surface area contributed by atoms with E-state index in [0.29, 0.717) is 17.8 Å². The van der Waals surface area contributed by atoms with Crippen molar-refractivity contribution in [3.8, 4) is 11.5 Å². The second-order valence-electron chi connectivity index (χ2n) is 5.01. The van der Waals surface area contributed by atoms with E-state index in [0.717, 1.165) is 11.5 Å². The molecule has 1 heterocycles. The third kappa shape index (κ3) is 5.03. The molecule has 0 N–H and O–H groups in total. The van der Waals surface area contributed by atoms with Gasteiger partial charge in [0.2, 0.25) is 0 Å².